The van der Waals surface area contributed by atoms with Crippen LogP contribution in [0.15, 0.2) is 54.6 Å². The second-order valence-electron chi connectivity index (χ2n) is 7.23. The minimum Gasteiger partial charge on any atom is -0.507 e. The second-order valence-corrected chi connectivity index (χ2v) is 7.23. The monoisotopic (exact) mass is 409 g/mol. The van der Waals surface area contributed by atoms with E-state index in [0.717, 1.165) is 10.9 Å². The fraction of sp³-hybridized carbons (Fsp3) is 0.261. The molecule has 0 unspecified atom stereocenters. The van der Waals surface area contributed by atoms with Crippen LogP contribution in [0.5, 0.6) is 17.2 Å². The van der Waals surface area contributed by atoms with Crippen LogP contribution in [0, 0.1) is 5.92 Å². The fourth-order valence-electron chi connectivity index (χ4n) is 3.63. The zero-order valence-electron chi connectivity index (χ0n) is 16.5. The summed E-state index contributed by atoms with van der Waals surface area (Å²) in [5, 5.41) is 23.8. The molecule has 3 aromatic rings. The van der Waals surface area contributed by atoms with Crippen LogP contribution in [0.1, 0.15) is 25.0 Å². The number of aliphatic hydroxyl groups excluding tert-OH is 1. The van der Waals surface area contributed by atoms with E-state index in [4.69, 9.17) is 14.2 Å². The van der Waals surface area contributed by atoms with Gasteiger partial charge in [0.1, 0.15) is 11.9 Å². The Balaban J connectivity index is 1.60. The molecule has 3 N–H and O–H groups in total. The largest absolute Gasteiger partial charge is 0.507 e. The van der Waals surface area contributed by atoms with E-state index in [2.05, 4.69) is 5.32 Å². The first-order valence-corrected chi connectivity index (χ1v) is 9.75. The van der Waals surface area contributed by atoms with Crippen molar-refractivity contribution in [1.29, 1.82) is 0 Å². The van der Waals surface area contributed by atoms with Crippen molar-refractivity contribution in [3.8, 4) is 17.2 Å². The molecule has 0 saturated carbocycles. The van der Waals surface area contributed by atoms with Gasteiger partial charge in [-0.1, -0.05) is 37.3 Å². The highest BCUT2D eigenvalue weighted by Gasteiger charge is 2.26. The van der Waals surface area contributed by atoms with Crippen molar-refractivity contribution in [2.24, 2.45) is 5.92 Å². The topological polar surface area (TPSA) is 97.3 Å². The first-order chi connectivity index (χ1) is 14.6. The predicted octanol–water partition coefficient (Wildman–Crippen LogP) is 4.58. The summed E-state index contributed by atoms with van der Waals surface area (Å²) in [6.07, 6.45) is -0.783. The van der Waals surface area contributed by atoms with Crippen molar-refractivity contribution in [1.82, 2.24) is 0 Å². The maximum Gasteiger partial charge on any atom is 0.412 e. The lowest BCUT2D eigenvalue weighted by atomic mass is 9.91. The van der Waals surface area contributed by atoms with Crippen LogP contribution in [-0.4, -0.2) is 29.7 Å². The first kappa shape index (κ1) is 19.8. The molecule has 30 heavy (non-hydrogen) atoms. The Kier molecular flexibility index (Phi) is 5.63. The third kappa shape index (κ3) is 3.97. The number of phenolic OH excluding ortho intramolecular Hbond substituents is 1. The molecule has 3 aromatic carbocycles. The van der Waals surface area contributed by atoms with E-state index in [1.807, 2.05) is 31.2 Å². The number of fused-ring (bicyclic) bond motifs is 2. The van der Waals surface area contributed by atoms with Crippen LogP contribution in [0.2, 0.25) is 0 Å². The average Bonchev–Trinajstić information content (AvgIpc) is 3.21. The van der Waals surface area contributed by atoms with E-state index < -0.39 is 12.2 Å². The molecule has 2 atom stereocenters. The number of aliphatic hydroxyl groups is 1. The molecule has 1 amide bonds. The number of hydrogen-bond donors (Lipinski definition) is 3. The molecule has 0 aromatic heterocycles. The molecule has 1 aliphatic rings. The van der Waals surface area contributed by atoms with Crippen molar-refractivity contribution in [3.63, 3.8) is 0 Å². The van der Waals surface area contributed by atoms with Crippen molar-refractivity contribution in [2.45, 2.75) is 19.4 Å². The molecule has 0 fully saturated rings. The number of benzene rings is 3. The van der Waals surface area contributed by atoms with Crippen molar-refractivity contribution >= 4 is 22.6 Å². The molecule has 0 saturated heterocycles. The number of amides is 1. The fourth-order valence-corrected chi connectivity index (χ4v) is 3.63. The van der Waals surface area contributed by atoms with Gasteiger partial charge in [-0.3, -0.25) is 5.32 Å². The summed E-state index contributed by atoms with van der Waals surface area (Å²) in [6.45, 7) is 2.04. The van der Waals surface area contributed by atoms with Crippen LogP contribution in [0.4, 0.5) is 10.5 Å². The first-order valence-electron chi connectivity index (χ1n) is 9.75. The van der Waals surface area contributed by atoms with Gasteiger partial charge in [0.15, 0.2) is 11.5 Å². The summed E-state index contributed by atoms with van der Waals surface area (Å²) in [6, 6.07) is 15.8. The van der Waals surface area contributed by atoms with Crippen LogP contribution in [-0.2, 0) is 4.74 Å². The number of anilines is 1. The number of ether oxygens (including phenoxy) is 3. The smallest absolute Gasteiger partial charge is 0.412 e. The highest BCUT2D eigenvalue weighted by Crippen LogP contribution is 2.37. The van der Waals surface area contributed by atoms with Crippen LogP contribution >= 0.6 is 0 Å². The van der Waals surface area contributed by atoms with E-state index in [9.17, 15) is 15.0 Å². The van der Waals surface area contributed by atoms with Gasteiger partial charge in [-0.2, -0.15) is 0 Å². The molecule has 1 aliphatic heterocycles. The third-order valence-electron chi connectivity index (χ3n) is 5.20. The van der Waals surface area contributed by atoms with E-state index in [0.29, 0.717) is 29.0 Å². The number of rotatable bonds is 6. The van der Waals surface area contributed by atoms with Crippen molar-refractivity contribution in [3.05, 3.63) is 60.2 Å². The zero-order valence-corrected chi connectivity index (χ0v) is 16.5. The average molecular weight is 409 g/mol. The number of aromatic hydroxyl groups is 1. The van der Waals surface area contributed by atoms with Gasteiger partial charge in [-0.25, -0.2) is 4.79 Å². The Morgan fingerprint density at radius 3 is 2.67 bits per heavy atom. The van der Waals surface area contributed by atoms with Gasteiger partial charge in [0.25, 0.3) is 0 Å². The Morgan fingerprint density at radius 2 is 1.87 bits per heavy atom. The summed E-state index contributed by atoms with van der Waals surface area (Å²) in [5.74, 6) is 1.19. The maximum absolute atomic E-state index is 12.7. The van der Waals surface area contributed by atoms with E-state index >= 15 is 0 Å². The summed E-state index contributed by atoms with van der Waals surface area (Å²) in [7, 11) is 0. The minimum absolute atomic E-state index is 0.0270. The summed E-state index contributed by atoms with van der Waals surface area (Å²) >= 11 is 0. The van der Waals surface area contributed by atoms with Crippen molar-refractivity contribution in [2.75, 3.05) is 18.7 Å². The predicted molar refractivity (Wildman–Crippen MR) is 112 cm³/mol. The third-order valence-corrected chi connectivity index (χ3v) is 5.20. The number of hydrogen-bond acceptors (Lipinski definition) is 6. The minimum atomic E-state index is -0.624. The highest BCUT2D eigenvalue weighted by molar-refractivity contribution is 5.91. The standard InChI is InChI=1S/C23H23NO6/c1-14(10-11-25)22(18-7-8-19(26)17-5-3-2-4-16(17)18)30-23(27)24-15-6-9-20-21(12-15)29-13-28-20/h2-9,12,14,22,25-26H,10-11,13H2,1H3,(H,24,27)/t14-,22-/m0/s1. The number of nitrogens with one attached hydrogen (secondary N) is 1. The summed E-state index contributed by atoms with van der Waals surface area (Å²) < 4.78 is 16.4. The molecule has 0 aliphatic carbocycles. The summed E-state index contributed by atoms with van der Waals surface area (Å²) in [4.78, 5) is 12.7. The molecule has 156 valence electrons. The molecule has 0 radical (unpaired) electrons. The van der Waals surface area contributed by atoms with Crippen LogP contribution < -0.4 is 14.8 Å². The molecule has 7 heteroatoms. The molecule has 0 spiro atoms. The van der Waals surface area contributed by atoms with Gasteiger partial charge in [0.2, 0.25) is 6.79 Å². The Bertz CT molecular complexity index is 1070. The molecular formula is C23H23NO6. The van der Waals surface area contributed by atoms with E-state index in [-0.39, 0.29) is 25.1 Å². The van der Waals surface area contributed by atoms with Crippen molar-refractivity contribution < 1.29 is 29.2 Å². The number of phenols is 1. The summed E-state index contributed by atoms with van der Waals surface area (Å²) in [5.41, 5.74) is 1.29. The van der Waals surface area contributed by atoms with Gasteiger partial charge >= 0.3 is 6.09 Å². The molecule has 4 rings (SSSR count). The van der Waals surface area contributed by atoms with E-state index in [1.54, 1.807) is 30.3 Å². The lowest BCUT2D eigenvalue weighted by molar-refractivity contribution is 0.0676. The quantitative estimate of drug-likeness (QED) is 0.551. The van der Waals surface area contributed by atoms with Gasteiger partial charge in [0, 0.05) is 29.3 Å². The lowest BCUT2D eigenvalue weighted by Gasteiger charge is -2.25. The van der Waals surface area contributed by atoms with Gasteiger partial charge < -0.3 is 24.4 Å². The molecular weight excluding hydrogens is 386 g/mol. The van der Waals surface area contributed by atoms with E-state index in [1.165, 1.54) is 0 Å². The number of carbonyl (C=O) groups excluding carboxylic acids is 1. The molecule has 1 heterocycles. The Hall–Kier alpha value is -3.45. The maximum atomic E-state index is 12.7. The molecule has 7 nitrogen and oxygen atoms in total. The Morgan fingerprint density at radius 1 is 1.10 bits per heavy atom. The zero-order chi connectivity index (χ0) is 21.1. The van der Waals surface area contributed by atoms with Gasteiger partial charge in [0.05, 0.1) is 0 Å². The normalized spacial score (nSPS) is 14.3. The lowest BCUT2D eigenvalue weighted by Crippen LogP contribution is -2.22. The second kappa shape index (κ2) is 8.51. The number of carbonyl (C=O) groups is 1. The highest BCUT2D eigenvalue weighted by atomic mass is 16.7. The van der Waals surface area contributed by atoms with Crippen LogP contribution in [0.25, 0.3) is 10.8 Å². The van der Waals surface area contributed by atoms with Gasteiger partial charge in [-0.15, -0.1) is 0 Å². The van der Waals surface area contributed by atoms with Gasteiger partial charge in [-0.05, 0) is 35.9 Å². The van der Waals surface area contributed by atoms with Crippen LogP contribution in [0.3, 0.4) is 0 Å². The SMILES string of the molecule is C[C@@H](CCO)[C@H](OC(=O)Nc1ccc2c(c1)OCO2)c1ccc(O)c2ccccc12. The molecule has 0 bridgehead atoms. The Labute approximate surface area is 173 Å².